The Hall–Kier alpha value is -1.40. The maximum Gasteiger partial charge on any atom is 0.328 e. The number of hydrogen-bond acceptors (Lipinski definition) is 4. The van der Waals surface area contributed by atoms with Gasteiger partial charge in [0, 0.05) is 24.2 Å². The first-order valence-electron chi connectivity index (χ1n) is 4.74. The molecule has 0 aromatic carbocycles. The van der Waals surface area contributed by atoms with Crippen molar-refractivity contribution in [3.8, 4) is 0 Å². The molecule has 1 heterocycles. The maximum absolute atomic E-state index is 11.3. The highest BCUT2D eigenvalue weighted by Gasteiger charge is 2.44. The fourth-order valence-electron chi connectivity index (χ4n) is 1.76. The summed E-state index contributed by atoms with van der Waals surface area (Å²) in [5, 5.41) is 18.1. The molecule has 2 rings (SSSR count). The molecule has 6 nitrogen and oxygen atoms in total. The van der Waals surface area contributed by atoms with E-state index in [1.807, 2.05) is 0 Å². The van der Waals surface area contributed by atoms with Crippen LogP contribution in [-0.4, -0.2) is 32.5 Å². The molecule has 1 aliphatic carbocycles. The highest BCUT2D eigenvalue weighted by molar-refractivity contribution is 4.99. The van der Waals surface area contributed by atoms with Gasteiger partial charge in [-0.2, -0.15) is 0 Å². The molecule has 1 saturated carbocycles. The Bertz CT molecular complexity index is 464. The first kappa shape index (κ1) is 10.1. The van der Waals surface area contributed by atoms with Gasteiger partial charge in [0.1, 0.15) is 0 Å². The molecule has 0 unspecified atom stereocenters. The number of nitrogens with zero attached hydrogens (tertiary/aromatic N) is 1. The molecule has 0 amide bonds. The van der Waals surface area contributed by atoms with Crippen molar-refractivity contribution in [2.45, 2.75) is 18.6 Å². The van der Waals surface area contributed by atoms with Crippen LogP contribution in [0.4, 0.5) is 0 Å². The van der Waals surface area contributed by atoms with Crippen LogP contribution in [0.1, 0.15) is 12.5 Å². The zero-order valence-corrected chi connectivity index (χ0v) is 7.96. The highest BCUT2D eigenvalue weighted by Crippen LogP contribution is 2.44. The van der Waals surface area contributed by atoms with Crippen LogP contribution in [0.15, 0.2) is 21.9 Å². The van der Waals surface area contributed by atoms with Crippen LogP contribution in [0.3, 0.4) is 0 Å². The van der Waals surface area contributed by atoms with Gasteiger partial charge in [0.25, 0.3) is 5.56 Å². The molecule has 1 aromatic heterocycles. The van der Waals surface area contributed by atoms with E-state index in [0.717, 1.165) is 0 Å². The summed E-state index contributed by atoms with van der Waals surface area (Å²) in [5.74, 6) is -0.0985. The fraction of sp³-hybridized carbons (Fsp3) is 0.556. The van der Waals surface area contributed by atoms with Gasteiger partial charge < -0.3 is 10.2 Å². The molecule has 0 saturated heterocycles. The fourth-order valence-corrected chi connectivity index (χ4v) is 1.76. The lowest BCUT2D eigenvalue weighted by Gasteiger charge is -2.07. The monoisotopic (exact) mass is 212 g/mol. The molecule has 1 aliphatic rings. The summed E-state index contributed by atoms with van der Waals surface area (Å²) in [5.41, 5.74) is -0.906. The van der Waals surface area contributed by atoms with Gasteiger partial charge in [0.2, 0.25) is 0 Å². The van der Waals surface area contributed by atoms with Gasteiger partial charge in [-0.25, -0.2) is 4.79 Å². The van der Waals surface area contributed by atoms with Crippen LogP contribution < -0.4 is 11.2 Å². The first-order chi connectivity index (χ1) is 7.13. The summed E-state index contributed by atoms with van der Waals surface area (Å²) in [7, 11) is 0. The topological polar surface area (TPSA) is 95.3 Å². The van der Waals surface area contributed by atoms with E-state index in [9.17, 15) is 14.7 Å². The van der Waals surface area contributed by atoms with Crippen molar-refractivity contribution in [1.29, 1.82) is 0 Å². The van der Waals surface area contributed by atoms with Crippen molar-refractivity contribution in [3.05, 3.63) is 33.1 Å². The van der Waals surface area contributed by atoms with Crippen LogP contribution in [0, 0.1) is 5.92 Å². The molecule has 0 radical (unpaired) electrons. The Morgan fingerprint density at radius 1 is 1.60 bits per heavy atom. The van der Waals surface area contributed by atoms with Crippen LogP contribution in [0.5, 0.6) is 0 Å². The number of H-pyrrole nitrogens is 1. The molecule has 0 spiro atoms. The Morgan fingerprint density at radius 2 is 2.33 bits per heavy atom. The predicted octanol–water partition coefficient (Wildman–Crippen LogP) is -1.55. The lowest BCUT2D eigenvalue weighted by atomic mass is 10.2. The van der Waals surface area contributed by atoms with Crippen LogP contribution in [0.25, 0.3) is 0 Å². The number of aromatic amines is 1. The Labute approximate surface area is 84.8 Å². The molecular weight excluding hydrogens is 200 g/mol. The van der Waals surface area contributed by atoms with Gasteiger partial charge >= 0.3 is 5.69 Å². The summed E-state index contributed by atoms with van der Waals surface area (Å²) in [6.07, 6.45) is 1.26. The Kier molecular flexibility index (Phi) is 2.45. The zero-order chi connectivity index (χ0) is 11.0. The predicted molar refractivity (Wildman–Crippen MR) is 51.6 cm³/mol. The minimum atomic E-state index is -0.797. The summed E-state index contributed by atoms with van der Waals surface area (Å²) < 4.78 is 1.38. The van der Waals surface area contributed by atoms with E-state index < -0.39 is 17.4 Å². The van der Waals surface area contributed by atoms with Gasteiger partial charge in [0.15, 0.2) is 0 Å². The lowest BCUT2D eigenvalue weighted by molar-refractivity contribution is 0.0739. The molecule has 6 heteroatoms. The van der Waals surface area contributed by atoms with E-state index in [4.69, 9.17) is 5.11 Å². The Balaban J connectivity index is 2.20. The average molecular weight is 212 g/mol. The third-order valence-electron chi connectivity index (χ3n) is 2.69. The minimum absolute atomic E-state index is 0.0985. The number of aliphatic hydroxyl groups is 2. The third-order valence-corrected chi connectivity index (χ3v) is 2.69. The lowest BCUT2D eigenvalue weighted by Crippen LogP contribution is -2.29. The number of nitrogens with one attached hydrogen (secondary N) is 1. The van der Waals surface area contributed by atoms with Crippen molar-refractivity contribution in [3.63, 3.8) is 0 Å². The van der Waals surface area contributed by atoms with E-state index in [0.29, 0.717) is 6.42 Å². The normalized spacial score (nSPS) is 26.3. The molecule has 3 N–H and O–H groups in total. The third kappa shape index (κ3) is 1.86. The second kappa shape index (κ2) is 3.63. The average Bonchev–Trinajstić information content (AvgIpc) is 2.96. The maximum atomic E-state index is 11.3. The van der Waals surface area contributed by atoms with E-state index in [-0.39, 0.29) is 18.6 Å². The summed E-state index contributed by atoms with van der Waals surface area (Å²) in [4.78, 5) is 24.3. The molecule has 1 fully saturated rings. The van der Waals surface area contributed by atoms with Gasteiger partial charge in [-0.3, -0.25) is 14.3 Å². The van der Waals surface area contributed by atoms with Gasteiger partial charge in [-0.1, -0.05) is 0 Å². The molecule has 15 heavy (non-hydrogen) atoms. The van der Waals surface area contributed by atoms with Crippen molar-refractivity contribution < 1.29 is 10.2 Å². The molecule has 1 aromatic rings. The molecular formula is C9H12N2O4. The second-order valence-electron chi connectivity index (χ2n) is 3.73. The van der Waals surface area contributed by atoms with Crippen LogP contribution >= 0.6 is 0 Å². The quantitative estimate of drug-likeness (QED) is 0.565. The van der Waals surface area contributed by atoms with E-state index in [1.54, 1.807) is 0 Å². The van der Waals surface area contributed by atoms with Crippen molar-refractivity contribution >= 4 is 0 Å². The van der Waals surface area contributed by atoms with E-state index in [2.05, 4.69) is 4.98 Å². The molecule has 0 aliphatic heterocycles. The molecule has 3 atom stereocenters. The van der Waals surface area contributed by atoms with Gasteiger partial charge in [-0.15, -0.1) is 0 Å². The van der Waals surface area contributed by atoms with E-state index in [1.165, 1.54) is 16.8 Å². The number of hydrogen-bond donors (Lipinski definition) is 3. The first-order valence-corrected chi connectivity index (χ1v) is 4.74. The van der Waals surface area contributed by atoms with Crippen molar-refractivity contribution in [1.82, 2.24) is 9.55 Å². The molecule has 82 valence electrons. The summed E-state index contributed by atoms with van der Waals surface area (Å²) in [6, 6.07) is 1.15. The number of aliphatic hydroxyl groups excluding tert-OH is 2. The minimum Gasteiger partial charge on any atom is -0.394 e. The van der Waals surface area contributed by atoms with Gasteiger partial charge in [-0.05, 0) is 6.42 Å². The van der Waals surface area contributed by atoms with Crippen molar-refractivity contribution in [2.75, 3.05) is 6.61 Å². The largest absolute Gasteiger partial charge is 0.394 e. The highest BCUT2D eigenvalue weighted by atomic mass is 16.3. The zero-order valence-electron chi connectivity index (χ0n) is 7.96. The standard InChI is InChI=1S/C9H12N2O4/c12-4-7(13)5-3-6(5)11-2-1-8(14)10-9(11)15/h1-2,5-7,12-13H,3-4H2,(H,10,14,15)/t5-,6+,7-/m1/s1. The van der Waals surface area contributed by atoms with E-state index >= 15 is 0 Å². The Morgan fingerprint density at radius 3 is 2.93 bits per heavy atom. The second-order valence-corrected chi connectivity index (χ2v) is 3.73. The number of rotatable bonds is 3. The smallest absolute Gasteiger partial charge is 0.328 e. The van der Waals surface area contributed by atoms with Crippen LogP contribution in [-0.2, 0) is 0 Å². The summed E-state index contributed by atoms with van der Waals surface area (Å²) >= 11 is 0. The summed E-state index contributed by atoms with van der Waals surface area (Å²) in [6.45, 7) is -0.306. The van der Waals surface area contributed by atoms with Crippen LogP contribution in [0.2, 0.25) is 0 Å². The molecule has 0 bridgehead atoms. The number of aromatic nitrogens is 2. The SMILES string of the molecule is O=c1ccn([C@H]2C[C@H]2[C@H](O)CO)c(=O)[nH]1. The van der Waals surface area contributed by atoms with Gasteiger partial charge in [0.05, 0.1) is 12.7 Å². The van der Waals surface area contributed by atoms with Crippen molar-refractivity contribution in [2.24, 2.45) is 5.92 Å².